The molecule has 0 aliphatic carbocycles. The molecule has 2 rings (SSSR count). The molecule has 1 unspecified atom stereocenters. The number of amides is 2. The van der Waals surface area contributed by atoms with Crippen LogP contribution >= 0.6 is 0 Å². The first kappa shape index (κ1) is 23.1. The van der Waals surface area contributed by atoms with Crippen LogP contribution in [0, 0.1) is 5.92 Å². The van der Waals surface area contributed by atoms with Gasteiger partial charge in [-0.1, -0.05) is 81.4 Å². The maximum absolute atomic E-state index is 13.3. The lowest BCUT2D eigenvalue weighted by atomic mass is 9.90. The zero-order valence-corrected chi connectivity index (χ0v) is 17.7. The van der Waals surface area contributed by atoms with Gasteiger partial charge in [-0.15, -0.1) is 0 Å². The topological polar surface area (TPSA) is 95.5 Å². The van der Waals surface area contributed by atoms with Crippen LogP contribution in [-0.4, -0.2) is 35.0 Å². The van der Waals surface area contributed by atoms with E-state index in [0.29, 0.717) is 6.42 Å². The number of hydrogen-bond donors (Lipinski definition) is 3. The van der Waals surface area contributed by atoms with Crippen molar-refractivity contribution >= 4 is 17.8 Å². The molecule has 0 fully saturated rings. The SMILES string of the molecule is CCC(NC(=O)[C@H](CC(C)C)NC(=O)C(c1ccccc1)c1ccccc1)C(=O)O. The number of carboxylic acid groups (broad SMARTS) is 1. The minimum absolute atomic E-state index is 0.137. The summed E-state index contributed by atoms with van der Waals surface area (Å²) in [7, 11) is 0. The summed E-state index contributed by atoms with van der Waals surface area (Å²) in [6.07, 6.45) is 0.671. The Hall–Kier alpha value is -3.15. The molecule has 30 heavy (non-hydrogen) atoms. The van der Waals surface area contributed by atoms with Gasteiger partial charge in [-0.25, -0.2) is 4.79 Å². The van der Waals surface area contributed by atoms with Gasteiger partial charge in [0, 0.05) is 0 Å². The second-order valence-corrected chi connectivity index (χ2v) is 7.75. The second-order valence-electron chi connectivity index (χ2n) is 7.75. The third-order valence-corrected chi connectivity index (χ3v) is 4.89. The Morgan fingerprint density at radius 3 is 1.67 bits per heavy atom. The molecule has 0 bridgehead atoms. The number of carbonyl (C=O) groups is 3. The van der Waals surface area contributed by atoms with Gasteiger partial charge < -0.3 is 15.7 Å². The lowest BCUT2D eigenvalue weighted by Crippen LogP contribution is -2.52. The molecular formula is C24H30N2O4. The van der Waals surface area contributed by atoms with Crippen LogP contribution in [0.2, 0.25) is 0 Å². The molecule has 2 aromatic rings. The first-order chi connectivity index (χ1) is 14.3. The van der Waals surface area contributed by atoms with Gasteiger partial charge in [0.15, 0.2) is 0 Å². The fourth-order valence-electron chi connectivity index (χ4n) is 3.35. The van der Waals surface area contributed by atoms with Gasteiger partial charge >= 0.3 is 5.97 Å². The van der Waals surface area contributed by atoms with E-state index in [9.17, 15) is 19.5 Å². The van der Waals surface area contributed by atoms with Crippen LogP contribution in [0.1, 0.15) is 50.7 Å². The quantitative estimate of drug-likeness (QED) is 0.560. The summed E-state index contributed by atoms with van der Waals surface area (Å²) in [6.45, 7) is 5.59. The van der Waals surface area contributed by atoms with Gasteiger partial charge in [-0.2, -0.15) is 0 Å². The summed E-state index contributed by atoms with van der Waals surface area (Å²) in [5.41, 5.74) is 1.64. The van der Waals surface area contributed by atoms with Crippen molar-refractivity contribution in [2.24, 2.45) is 5.92 Å². The van der Waals surface area contributed by atoms with Crippen molar-refractivity contribution in [1.29, 1.82) is 0 Å². The first-order valence-electron chi connectivity index (χ1n) is 10.3. The molecule has 0 heterocycles. The average Bonchev–Trinajstić information content (AvgIpc) is 2.72. The highest BCUT2D eigenvalue weighted by Gasteiger charge is 2.30. The number of nitrogens with one attached hydrogen (secondary N) is 2. The van der Waals surface area contributed by atoms with Crippen molar-refractivity contribution in [2.75, 3.05) is 0 Å². The third kappa shape index (κ3) is 6.44. The zero-order chi connectivity index (χ0) is 22.1. The maximum atomic E-state index is 13.3. The van der Waals surface area contributed by atoms with E-state index >= 15 is 0 Å². The molecule has 0 saturated carbocycles. The van der Waals surface area contributed by atoms with Crippen molar-refractivity contribution in [1.82, 2.24) is 10.6 Å². The third-order valence-electron chi connectivity index (χ3n) is 4.89. The second kappa shape index (κ2) is 11.1. The Labute approximate surface area is 177 Å². The fraction of sp³-hybridized carbons (Fsp3) is 0.375. The predicted octanol–water partition coefficient (Wildman–Crippen LogP) is 3.33. The highest BCUT2D eigenvalue weighted by atomic mass is 16.4. The molecule has 2 amide bonds. The van der Waals surface area contributed by atoms with Crippen LogP contribution < -0.4 is 10.6 Å². The number of benzene rings is 2. The van der Waals surface area contributed by atoms with Crippen LogP contribution in [0.3, 0.4) is 0 Å². The van der Waals surface area contributed by atoms with Crippen molar-refractivity contribution in [3.8, 4) is 0 Å². The van der Waals surface area contributed by atoms with Crippen LogP contribution in [0.15, 0.2) is 60.7 Å². The van der Waals surface area contributed by atoms with Crippen LogP contribution in [-0.2, 0) is 14.4 Å². The number of aliphatic carboxylic acids is 1. The number of hydrogen-bond acceptors (Lipinski definition) is 3. The molecule has 0 saturated heterocycles. The van der Waals surface area contributed by atoms with E-state index in [2.05, 4.69) is 10.6 Å². The van der Waals surface area contributed by atoms with E-state index in [1.807, 2.05) is 74.5 Å². The lowest BCUT2D eigenvalue weighted by Gasteiger charge is -2.25. The summed E-state index contributed by atoms with van der Waals surface area (Å²) >= 11 is 0. The summed E-state index contributed by atoms with van der Waals surface area (Å²) in [5.74, 6) is -2.30. The van der Waals surface area contributed by atoms with Crippen molar-refractivity contribution in [2.45, 2.75) is 51.6 Å². The van der Waals surface area contributed by atoms with Crippen LogP contribution in [0.4, 0.5) is 0 Å². The molecule has 6 nitrogen and oxygen atoms in total. The first-order valence-corrected chi connectivity index (χ1v) is 10.3. The molecule has 6 heteroatoms. The van der Waals surface area contributed by atoms with Gasteiger partial charge in [-0.05, 0) is 29.9 Å². The van der Waals surface area contributed by atoms with Gasteiger partial charge in [0.2, 0.25) is 11.8 Å². The normalized spacial score (nSPS) is 13.0. The molecule has 2 atom stereocenters. The molecule has 0 aliphatic heterocycles. The number of carboxylic acids is 1. The van der Waals surface area contributed by atoms with E-state index in [1.54, 1.807) is 6.92 Å². The zero-order valence-electron chi connectivity index (χ0n) is 17.7. The molecule has 160 valence electrons. The average molecular weight is 411 g/mol. The van der Waals surface area contributed by atoms with Gasteiger partial charge in [0.05, 0.1) is 5.92 Å². The molecule has 0 aliphatic rings. The molecule has 0 aromatic heterocycles. The molecule has 0 spiro atoms. The molecule has 0 radical (unpaired) electrons. The van der Waals surface area contributed by atoms with E-state index in [0.717, 1.165) is 11.1 Å². The minimum atomic E-state index is -1.09. The summed E-state index contributed by atoms with van der Waals surface area (Å²) in [6, 6.07) is 17.0. The standard InChI is InChI=1S/C24H30N2O4/c1-4-19(24(29)30)25-22(27)20(15-16(2)3)26-23(28)21(17-11-7-5-8-12-17)18-13-9-6-10-14-18/h5-14,16,19-21H,4,15H2,1-3H3,(H,25,27)(H,26,28)(H,29,30)/t19?,20-/m0/s1. The Bertz CT molecular complexity index is 797. The lowest BCUT2D eigenvalue weighted by molar-refractivity contribution is -0.142. The predicted molar refractivity (Wildman–Crippen MR) is 116 cm³/mol. The van der Waals surface area contributed by atoms with Gasteiger partial charge in [0.25, 0.3) is 0 Å². The van der Waals surface area contributed by atoms with E-state index in [-0.39, 0.29) is 18.2 Å². The van der Waals surface area contributed by atoms with Crippen molar-refractivity contribution < 1.29 is 19.5 Å². The largest absolute Gasteiger partial charge is 0.480 e. The molecule has 3 N–H and O–H groups in total. The highest BCUT2D eigenvalue weighted by Crippen LogP contribution is 2.25. The Morgan fingerprint density at radius 2 is 1.27 bits per heavy atom. The highest BCUT2D eigenvalue weighted by molar-refractivity contribution is 5.93. The fourth-order valence-corrected chi connectivity index (χ4v) is 3.35. The van der Waals surface area contributed by atoms with E-state index < -0.39 is 29.9 Å². The number of carbonyl (C=O) groups excluding carboxylic acids is 2. The monoisotopic (exact) mass is 410 g/mol. The molecule has 2 aromatic carbocycles. The summed E-state index contributed by atoms with van der Waals surface area (Å²) < 4.78 is 0. The minimum Gasteiger partial charge on any atom is -0.480 e. The van der Waals surface area contributed by atoms with Gasteiger partial charge in [0.1, 0.15) is 12.1 Å². The van der Waals surface area contributed by atoms with Crippen LogP contribution in [0.25, 0.3) is 0 Å². The van der Waals surface area contributed by atoms with Crippen LogP contribution in [0.5, 0.6) is 0 Å². The van der Waals surface area contributed by atoms with E-state index in [1.165, 1.54) is 0 Å². The van der Waals surface area contributed by atoms with Gasteiger partial charge in [-0.3, -0.25) is 9.59 Å². The summed E-state index contributed by atoms with van der Waals surface area (Å²) in [4.78, 5) is 37.4. The van der Waals surface area contributed by atoms with E-state index in [4.69, 9.17) is 0 Å². The Kier molecular flexibility index (Phi) is 8.59. The molecular weight excluding hydrogens is 380 g/mol. The number of rotatable bonds is 10. The maximum Gasteiger partial charge on any atom is 0.326 e. The Morgan fingerprint density at radius 1 is 0.800 bits per heavy atom. The smallest absolute Gasteiger partial charge is 0.326 e. The Balaban J connectivity index is 2.28. The summed E-state index contributed by atoms with van der Waals surface area (Å²) in [5, 5.41) is 14.7. The van der Waals surface area contributed by atoms with Crippen molar-refractivity contribution in [3.05, 3.63) is 71.8 Å². The van der Waals surface area contributed by atoms with Crippen molar-refractivity contribution in [3.63, 3.8) is 0 Å².